The average molecular weight is 1210 g/mol. The molecule has 0 saturated carbocycles. The SMILES string of the molecule is CC/C=C\C/C=C\C/C=C\C/C=C\C/C=C\CCCCCCCCCC(=O)NC(COP(=O)([O-])OCC[N+](C)(C)C)C(/C=C/CCCCCCCCCCC)OC(=O)CCCCCCCCCCCCCCCCCCCCCCCCCCC. The number of quaternary nitrogens is 1. The molecule has 0 saturated heterocycles. The number of hydrogen-bond acceptors (Lipinski definition) is 7. The fourth-order valence-electron chi connectivity index (χ4n) is 10.6. The largest absolute Gasteiger partial charge is 0.756 e. The van der Waals surface area contributed by atoms with E-state index in [-0.39, 0.29) is 24.9 Å². The third-order valence-corrected chi connectivity index (χ3v) is 17.1. The van der Waals surface area contributed by atoms with Gasteiger partial charge in [0.1, 0.15) is 19.3 Å². The van der Waals surface area contributed by atoms with Crippen molar-refractivity contribution in [3.05, 3.63) is 72.9 Å². The molecule has 0 radical (unpaired) electrons. The molecule has 496 valence electrons. The van der Waals surface area contributed by atoms with Crippen LogP contribution in [0.3, 0.4) is 0 Å². The summed E-state index contributed by atoms with van der Waals surface area (Å²) in [4.78, 5) is 40.2. The highest BCUT2D eigenvalue weighted by atomic mass is 31.2. The maximum Gasteiger partial charge on any atom is 0.306 e. The monoisotopic (exact) mass is 1210 g/mol. The minimum Gasteiger partial charge on any atom is -0.756 e. The number of ether oxygens (including phenoxy) is 1. The molecule has 1 amide bonds. The molecule has 1 N–H and O–H groups in total. The number of nitrogens with one attached hydrogen (secondary N) is 1. The fourth-order valence-corrected chi connectivity index (χ4v) is 11.3. The number of amides is 1. The lowest BCUT2D eigenvalue weighted by atomic mass is 10.0. The van der Waals surface area contributed by atoms with Crippen molar-refractivity contribution < 1.29 is 37.3 Å². The molecule has 0 aliphatic carbocycles. The number of nitrogens with zero attached hydrogens (tertiary/aromatic N) is 1. The predicted molar refractivity (Wildman–Crippen MR) is 367 cm³/mol. The number of phosphoric acid groups is 1. The van der Waals surface area contributed by atoms with E-state index in [0.717, 1.165) is 103 Å². The number of unbranched alkanes of at least 4 members (excludes halogenated alkanes) is 40. The highest BCUT2D eigenvalue weighted by molar-refractivity contribution is 7.45. The lowest BCUT2D eigenvalue weighted by Crippen LogP contribution is -2.47. The van der Waals surface area contributed by atoms with E-state index < -0.39 is 26.6 Å². The zero-order valence-electron chi connectivity index (χ0n) is 56.8. The quantitative estimate of drug-likeness (QED) is 0.0212. The molecule has 85 heavy (non-hydrogen) atoms. The molecule has 9 nitrogen and oxygen atoms in total. The summed E-state index contributed by atoms with van der Waals surface area (Å²) in [7, 11) is 1.18. The zero-order chi connectivity index (χ0) is 62.1. The summed E-state index contributed by atoms with van der Waals surface area (Å²) in [5.41, 5.74) is 0. The highest BCUT2D eigenvalue weighted by Crippen LogP contribution is 2.38. The molecule has 3 atom stereocenters. The van der Waals surface area contributed by atoms with Crippen LogP contribution in [0.4, 0.5) is 0 Å². The van der Waals surface area contributed by atoms with Crippen molar-refractivity contribution in [2.45, 2.75) is 354 Å². The van der Waals surface area contributed by atoms with Crippen molar-refractivity contribution in [3.8, 4) is 0 Å². The minimum atomic E-state index is -4.71. The zero-order valence-corrected chi connectivity index (χ0v) is 57.7. The minimum absolute atomic E-state index is 0.0255. The van der Waals surface area contributed by atoms with Crippen LogP contribution < -0.4 is 10.2 Å². The Kier molecular flexibility index (Phi) is 62.5. The van der Waals surface area contributed by atoms with Gasteiger partial charge in [0.25, 0.3) is 7.82 Å². The second-order valence-electron chi connectivity index (χ2n) is 25.7. The molecule has 0 heterocycles. The summed E-state index contributed by atoms with van der Waals surface area (Å²) in [6, 6.07) is -0.896. The molecule has 0 aliphatic heterocycles. The average Bonchev–Trinajstić information content (AvgIpc) is 3.62. The van der Waals surface area contributed by atoms with E-state index in [1.165, 1.54) is 205 Å². The van der Waals surface area contributed by atoms with Gasteiger partial charge in [-0.05, 0) is 76.7 Å². The van der Waals surface area contributed by atoms with Crippen LogP contribution >= 0.6 is 7.82 Å². The van der Waals surface area contributed by atoms with E-state index in [1.54, 1.807) is 0 Å². The van der Waals surface area contributed by atoms with Crippen LogP contribution in [0.1, 0.15) is 342 Å². The number of carbonyl (C=O) groups excluding carboxylic acids is 2. The van der Waals surface area contributed by atoms with Crippen LogP contribution in [-0.4, -0.2) is 69.4 Å². The number of carbonyl (C=O) groups is 2. The van der Waals surface area contributed by atoms with Crippen molar-refractivity contribution in [2.75, 3.05) is 40.9 Å². The number of likely N-dealkylation sites (N-methyl/N-ethyl adjacent to an activating group) is 1. The Morgan fingerprint density at radius 2 is 0.753 bits per heavy atom. The Hall–Kier alpha value is -2.55. The third kappa shape index (κ3) is 65.7. The predicted octanol–water partition coefficient (Wildman–Crippen LogP) is 22.5. The van der Waals surface area contributed by atoms with Gasteiger partial charge < -0.3 is 28.5 Å². The van der Waals surface area contributed by atoms with Crippen LogP contribution in [0.5, 0.6) is 0 Å². The van der Waals surface area contributed by atoms with Crippen molar-refractivity contribution in [1.82, 2.24) is 5.32 Å². The molecule has 0 aromatic heterocycles. The van der Waals surface area contributed by atoms with Gasteiger partial charge in [0.15, 0.2) is 0 Å². The van der Waals surface area contributed by atoms with Gasteiger partial charge in [0.2, 0.25) is 5.91 Å². The fraction of sp³-hybridized carbons (Fsp3) is 0.813. The molecule has 0 bridgehead atoms. The smallest absolute Gasteiger partial charge is 0.306 e. The molecule has 0 aromatic carbocycles. The molecule has 0 spiro atoms. The first-order chi connectivity index (χ1) is 41.4. The van der Waals surface area contributed by atoms with Crippen LogP contribution in [0.2, 0.25) is 0 Å². The summed E-state index contributed by atoms with van der Waals surface area (Å²) >= 11 is 0. The van der Waals surface area contributed by atoms with Gasteiger partial charge in [-0.3, -0.25) is 14.2 Å². The number of esters is 1. The van der Waals surface area contributed by atoms with E-state index in [0.29, 0.717) is 17.4 Å². The molecule has 10 heteroatoms. The Labute approximate surface area is 527 Å². The first kappa shape index (κ1) is 82.5. The molecule has 0 rings (SSSR count). The van der Waals surface area contributed by atoms with Crippen molar-refractivity contribution in [2.24, 2.45) is 0 Å². The van der Waals surface area contributed by atoms with Crippen molar-refractivity contribution in [3.63, 3.8) is 0 Å². The third-order valence-electron chi connectivity index (χ3n) is 16.2. The van der Waals surface area contributed by atoms with Gasteiger partial charge in [-0.2, -0.15) is 0 Å². The summed E-state index contributed by atoms with van der Waals surface area (Å²) < 4.78 is 30.4. The highest BCUT2D eigenvalue weighted by Gasteiger charge is 2.27. The normalized spacial score (nSPS) is 13.9. The van der Waals surface area contributed by atoms with E-state index in [4.69, 9.17) is 13.8 Å². The standard InChI is InChI=1S/C75H139N2O7P/c1-7-10-13-16-19-22-25-27-29-31-33-35-37-38-40-42-44-46-48-50-53-56-59-62-65-68-75(79)84-73(66-63-60-57-54-51-24-21-18-15-12-9-3)72(71-83-85(80,81)82-70-69-77(4,5)6)76-74(78)67-64-61-58-55-52-49-47-45-43-41-39-36-34-32-30-28-26-23-20-17-14-11-8-2/h11,14,20,23,28,30,34,36,41,43,63,66,72-73H,7-10,12-13,15-19,21-22,24-27,29,31-33,35,37-40,42,44-62,64-65,67-71H2,1-6H3,(H-,76,78,80,81)/b14-11-,23-20-,30-28-,36-34-,43-41-,66-63+. The Bertz CT molecular complexity index is 1680. The van der Waals surface area contributed by atoms with Gasteiger partial charge in [-0.1, -0.05) is 325 Å². The first-order valence-corrected chi connectivity index (χ1v) is 37.7. The van der Waals surface area contributed by atoms with Gasteiger partial charge in [0, 0.05) is 12.8 Å². The second-order valence-corrected chi connectivity index (χ2v) is 27.1. The number of phosphoric ester groups is 1. The van der Waals surface area contributed by atoms with Crippen LogP contribution in [-0.2, 0) is 27.9 Å². The van der Waals surface area contributed by atoms with Gasteiger partial charge in [-0.15, -0.1) is 0 Å². The van der Waals surface area contributed by atoms with Gasteiger partial charge >= 0.3 is 5.97 Å². The molecular weight excluding hydrogens is 1070 g/mol. The lowest BCUT2D eigenvalue weighted by molar-refractivity contribution is -0.870. The van der Waals surface area contributed by atoms with Crippen molar-refractivity contribution in [1.29, 1.82) is 0 Å². The van der Waals surface area contributed by atoms with Gasteiger partial charge in [0.05, 0.1) is 33.8 Å². The van der Waals surface area contributed by atoms with Crippen molar-refractivity contribution >= 4 is 19.7 Å². The molecule has 3 unspecified atom stereocenters. The van der Waals surface area contributed by atoms with Crippen LogP contribution in [0.25, 0.3) is 0 Å². The van der Waals surface area contributed by atoms with Gasteiger partial charge in [-0.25, -0.2) is 0 Å². The molecule has 0 aliphatic rings. The van der Waals surface area contributed by atoms with E-state index in [9.17, 15) is 19.0 Å². The Balaban J connectivity index is 5.00. The number of rotatable bonds is 66. The Morgan fingerprint density at radius 1 is 0.424 bits per heavy atom. The molecule has 0 aromatic rings. The summed E-state index contributed by atoms with van der Waals surface area (Å²) in [6.45, 7) is 6.76. The van der Waals surface area contributed by atoms with Crippen LogP contribution in [0, 0.1) is 0 Å². The van der Waals surface area contributed by atoms with E-state index in [2.05, 4.69) is 86.8 Å². The lowest BCUT2D eigenvalue weighted by Gasteiger charge is -2.30. The van der Waals surface area contributed by atoms with E-state index >= 15 is 0 Å². The summed E-state index contributed by atoms with van der Waals surface area (Å²) in [6.07, 6.45) is 84.6. The number of allylic oxidation sites excluding steroid dienone is 11. The maximum absolute atomic E-state index is 13.6. The summed E-state index contributed by atoms with van der Waals surface area (Å²) in [5, 5.41) is 3.04. The Morgan fingerprint density at radius 3 is 1.13 bits per heavy atom. The second kappa shape index (κ2) is 64.4. The molecule has 0 fully saturated rings. The number of hydrogen-bond donors (Lipinski definition) is 1. The molecular formula is C75H139N2O7P. The summed E-state index contributed by atoms with van der Waals surface area (Å²) in [5.74, 6) is -0.542. The first-order valence-electron chi connectivity index (χ1n) is 36.2. The van der Waals surface area contributed by atoms with E-state index in [1.807, 2.05) is 33.3 Å². The van der Waals surface area contributed by atoms with Crippen LogP contribution in [0.15, 0.2) is 72.9 Å². The topological polar surface area (TPSA) is 114 Å². The maximum atomic E-state index is 13.6.